The number of carbonyl (C=O) groups is 2. The van der Waals surface area contributed by atoms with Gasteiger partial charge in [0.2, 0.25) is 5.91 Å². The zero-order valence-electron chi connectivity index (χ0n) is 12.8. The SMILES string of the molecule is CC(C)(C)N(CC(=O)O)C(=O)CCCSc1ccccc1. The average molecular weight is 309 g/mol. The number of carboxylic acids is 1. The summed E-state index contributed by atoms with van der Waals surface area (Å²) in [6.45, 7) is 5.32. The van der Waals surface area contributed by atoms with Gasteiger partial charge in [0, 0.05) is 16.9 Å². The van der Waals surface area contributed by atoms with Crippen LogP contribution in [-0.4, -0.2) is 39.7 Å². The Morgan fingerprint density at radius 2 is 1.81 bits per heavy atom. The molecule has 0 unspecified atom stereocenters. The standard InChI is InChI=1S/C16H23NO3S/c1-16(2,3)17(12-15(19)20)14(18)10-7-11-21-13-8-5-4-6-9-13/h4-6,8-9H,7,10-12H2,1-3H3,(H,19,20). The summed E-state index contributed by atoms with van der Waals surface area (Å²) in [4.78, 5) is 25.7. The zero-order chi connectivity index (χ0) is 15.9. The molecular weight excluding hydrogens is 286 g/mol. The van der Waals surface area contributed by atoms with Gasteiger partial charge in [-0.2, -0.15) is 0 Å². The molecule has 5 heteroatoms. The van der Waals surface area contributed by atoms with Crippen molar-refractivity contribution in [2.45, 2.75) is 44.0 Å². The molecule has 0 aliphatic heterocycles. The lowest BCUT2D eigenvalue weighted by molar-refractivity contribution is -0.148. The number of amides is 1. The highest BCUT2D eigenvalue weighted by molar-refractivity contribution is 7.99. The number of carboxylic acid groups (broad SMARTS) is 1. The predicted octanol–water partition coefficient (Wildman–Crippen LogP) is 3.27. The van der Waals surface area contributed by atoms with Gasteiger partial charge in [-0.1, -0.05) is 18.2 Å². The van der Waals surface area contributed by atoms with Gasteiger partial charge in [-0.05, 0) is 45.1 Å². The summed E-state index contributed by atoms with van der Waals surface area (Å²) in [5, 5.41) is 8.92. The van der Waals surface area contributed by atoms with Gasteiger partial charge >= 0.3 is 5.97 Å². The molecule has 0 spiro atoms. The third-order valence-corrected chi connectivity index (χ3v) is 4.05. The zero-order valence-corrected chi connectivity index (χ0v) is 13.7. The van der Waals surface area contributed by atoms with Gasteiger partial charge in [-0.3, -0.25) is 9.59 Å². The smallest absolute Gasteiger partial charge is 0.323 e. The molecule has 1 aromatic rings. The Balaban J connectivity index is 2.42. The van der Waals surface area contributed by atoms with Crippen molar-refractivity contribution in [2.24, 2.45) is 0 Å². The largest absolute Gasteiger partial charge is 0.480 e. The number of thioether (sulfide) groups is 1. The van der Waals surface area contributed by atoms with Crippen molar-refractivity contribution in [3.05, 3.63) is 30.3 Å². The maximum atomic E-state index is 12.2. The summed E-state index contributed by atoms with van der Waals surface area (Å²) in [6, 6.07) is 10.0. The first-order chi connectivity index (χ1) is 9.80. The molecule has 116 valence electrons. The van der Waals surface area contributed by atoms with Gasteiger partial charge in [0.25, 0.3) is 0 Å². The van der Waals surface area contributed by atoms with Crippen molar-refractivity contribution >= 4 is 23.6 Å². The van der Waals surface area contributed by atoms with Crippen LogP contribution in [0.1, 0.15) is 33.6 Å². The molecule has 1 amide bonds. The Hall–Kier alpha value is -1.49. The molecule has 0 bridgehead atoms. The number of nitrogens with zero attached hydrogens (tertiary/aromatic N) is 1. The second-order valence-corrected chi connectivity index (χ2v) is 6.98. The number of rotatable bonds is 7. The van der Waals surface area contributed by atoms with E-state index in [1.807, 2.05) is 51.1 Å². The summed E-state index contributed by atoms with van der Waals surface area (Å²) >= 11 is 1.71. The Bertz CT molecular complexity index is 468. The van der Waals surface area contributed by atoms with Crippen molar-refractivity contribution in [1.82, 2.24) is 4.90 Å². The van der Waals surface area contributed by atoms with Crippen LogP contribution < -0.4 is 0 Å². The first-order valence-electron chi connectivity index (χ1n) is 7.01. The van der Waals surface area contributed by atoms with Crippen molar-refractivity contribution in [2.75, 3.05) is 12.3 Å². The van der Waals surface area contributed by atoms with Gasteiger partial charge < -0.3 is 10.0 Å². The minimum atomic E-state index is -0.975. The molecule has 0 radical (unpaired) electrons. The van der Waals surface area contributed by atoms with Crippen LogP contribution in [-0.2, 0) is 9.59 Å². The van der Waals surface area contributed by atoms with E-state index in [0.29, 0.717) is 6.42 Å². The van der Waals surface area contributed by atoms with Crippen LogP contribution in [0.3, 0.4) is 0 Å². The second kappa shape index (κ2) is 8.08. The highest BCUT2D eigenvalue weighted by Crippen LogP contribution is 2.20. The Morgan fingerprint density at radius 1 is 1.19 bits per heavy atom. The molecule has 1 aromatic carbocycles. The fourth-order valence-corrected chi connectivity index (χ4v) is 2.77. The van der Waals surface area contributed by atoms with Gasteiger partial charge in [0.1, 0.15) is 6.54 Å². The van der Waals surface area contributed by atoms with E-state index < -0.39 is 11.5 Å². The number of hydrogen-bond donors (Lipinski definition) is 1. The predicted molar refractivity (Wildman–Crippen MR) is 85.5 cm³/mol. The Kier molecular flexibility index (Phi) is 6.75. The normalized spacial score (nSPS) is 11.2. The van der Waals surface area contributed by atoms with Crippen molar-refractivity contribution in [1.29, 1.82) is 0 Å². The number of benzene rings is 1. The van der Waals surface area contributed by atoms with Gasteiger partial charge in [-0.15, -0.1) is 11.8 Å². The highest BCUT2D eigenvalue weighted by Gasteiger charge is 2.27. The minimum Gasteiger partial charge on any atom is -0.480 e. The monoisotopic (exact) mass is 309 g/mol. The van der Waals surface area contributed by atoms with E-state index in [4.69, 9.17) is 5.11 Å². The lowest BCUT2D eigenvalue weighted by Gasteiger charge is -2.34. The van der Waals surface area contributed by atoms with Crippen molar-refractivity contribution in [3.63, 3.8) is 0 Å². The highest BCUT2D eigenvalue weighted by atomic mass is 32.2. The molecule has 21 heavy (non-hydrogen) atoms. The Morgan fingerprint density at radius 3 is 2.33 bits per heavy atom. The summed E-state index contributed by atoms with van der Waals surface area (Å²) in [5.41, 5.74) is -0.470. The fourth-order valence-electron chi connectivity index (χ4n) is 1.90. The van der Waals surface area contributed by atoms with E-state index in [0.717, 1.165) is 12.2 Å². The maximum absolute atomic E-state index is 12.2. The van der Waals surface area contributed by atoms with E-state index >= 15 is 0 Å². The van der Waals surface area contributed by atoms with E-state index in [1.54, 1.807) is 11.8 Å². The summed E-state index contributed by atoms with van der Waals surface area (Å²) in [5.74, 6) is -0.226. The van der Waals surface area contributed by atoms with Crippen LogP contribution in [0, 0.1) is 0 Å². The number of carbonyl (C=O) groups excluding carboxylic acids is 1. The molecule has 0 heterocycles. The Labute approximate surface area is 130 Å². The molecule has 0 aliphatic carbocycles. The first-order valence-corrected chi connectivity index (χ1v) is 7.99. The van der Waals surface area contributed by atoms with Crippen LogP contribution in [0.25, 0.3) is 0 Å². The van der Waals surface area contributed by atoms with Gasteiger partial charge in [0.15, 0.2) is 0 Å². The number of hydrogen-bond acceptors (Lipinski definition) is 3. The average Bonchev–Trinajstić information content (AvgIpc) is 2.40. The summed E-state index contributed by atoms with van der Waals surface area (Å²) < 4.78 is 0. The van der Waals surface area contributed by atoms with Crippen LogP contribution in [0.4, 0.5) is 0 Å². The van der Waals surface area contributed by atoms with E-state index in [9.17, 15) is 9.59 Å². The quantitative estimate of drug-likeness (QED) is 0.620. The van der Waals surface area contributed by atoms with Gasteiger partial charge in [0.05, 0.1) is 0 Å². The molecule has 0 saturated carbocycles. The molecule has 0 saturated heterocycles. The second-order valence-electron chi connectivity index (χ2n) is 5.81. The fraction of sp³-hybridized carbons (Fsp3) is 0.500. The lowest BCUT2D eigenvalue weighted by atomic mass is 10.1. The number of aliphatic carboxylic acids is 1. The van der Waals surface area contributed by atoms with E-state index in [-0.39, 0.29) is 12.5 Å². The van der Waals surface area contributed by atoms with Gasteiger partial charge in [-0.25, -0.2) is 0 Å². The minimum absolute atomic E-state index is 0.0986. The van der Waals surface area contributed by atoms with Crippen molar-refractivity contribution in [3.8, 4) is 0 Å². The molecular formula is C16H23NO3S. The van der Waals surface area contributed by atoms with Crippen LogP contribution in [0.5, 0.6) is 0 Å². The maximum Gasteiger partial charge on any atom is 0.323 e. The molecule has 1 N–H and O–H groups in total. The van der Waals surface area contributed by atoms with E-state index in [2.05, 4.69) is 0 Å². The summed E-state index contributed by atoms with van der Waals surface area (Å²) in [6.07, 6.45) is 1.12. The first kappa shape index (κ1) is 17.6. The third kappa shape index (κ3) is 6.67. The summed E-state index contributed by atoms with van der Waals surface area (Å²) in [7, 11) is 0. The molecule has 1 rings (SSSR count). The molecule has 0 fully saturated rings. The van der Waals surface area contributed by atoms with Crippen LogP contribution in [0.2, 0.25) is 0 Å². The molecule has 4 nitrogen and oxygen atoms in total. The lowest BCUT2D eigenvalue weighted by Crippen LogP contribution is -2.48. The van der Waals surface area contributed by atoms with Crippen LogP contribution in [0.15, 0.2) is 35.2 Å². The molecule has 0 aromatic heterocycles. The topological polar surface area (TPSA) is 57.6 Å². The van der Waals surface area contributed by atoms with Crippen LogP contribution >= 0.6 is 11.8 Å². The third-order valence-electron chi connectivity index (χ3n) is 2.95. The van der Waals surface area contributed by atoms with E-state index in [1.165, 1.54) is 9.80 Å². The molecule has 0 atom stereocenters. The van der Waals surface area contributed by atoms with Crippen molar-refractivity contribution < 1.29 is 14.7 Å². The molecule has 0 aliphatic rings.